The molecule has 0 aromatic heterocycles. The van der Waals surface area contributed by atoms with Crippen LogP contribution in [0.4, 0.5) is 0 Å². The Kier molecular flexibility index (Phi) is 2.66. The number of hydrogen-bond donors (Lipinski definition) is 0. The molecule has 0 saturated carbocycles. The van der Waals surface area contributed by atoms with Gasteiger partial charge in [-0.3, -0.25) is 0 Å². The molecule has 0 spiro atoms. The number of halogens is 1. The van der Waals surface area contributed by atoms with Gasteiger partial charge in [-0.25, -0.2) is 0 Å². The monoisotopic (exact) mass is 338 g/mol. The van der Waals surface area contributed by atoms with E-state index >= 15 is 0 Å². The van der Waals surface area contributed by atoms with Gasteiger partial charge in [-0.1, -0.05) is 43.7 Å². The Labute approximate surface area is 118 Å². The molecule has 0 N–H and O–H groups in total. The van der Waals surface area contributed by atoms with Crippen LogP contribution in [0.15, 0.2) is 27.9 Å². The first-order valence-corrected chi connectivity index (χ1v) is 7.53. The summed E-state index contributed by atoms with van der Waals surface area (Å²) in [6.45, 7) is 7.08. The summed E-state index contributed by atoms with van der Waals surface area (Å²) in [5.74, 6) is 1.57. The van der Waals surface area contributed by atoms with E-state index < -0.39 is 0 Å². The molecule has 1 aromatic carbocycles. The van der Waals surface area contributed by atoms with Crippen molar-refractivity contribution in [3.8, 4) is 0 Å². The Hall–Kier alpha value is -0.310. The Bertz CT molecular complexity index is 496. The van der Waals surface area contributed by atoms with Crippen LogP contribution in [0.25, 0.3) is 0 Å². The summed E-state index contributed by atoms with van der Waals surface area (Å²) in [6, 6.07) is 7.07. The fraction of sp³-hybridized carbons (Fsp3) is 0.500. The number of allylic oxidation sites excluding steroid dienone is 2. The molecule has 2 unspecified atom stereocenters. The van der Waals surface area contributed by atoms with Crippen LogP contribution >= 0.6 is 22.6 Å². The van der Waals surface area contributed by atoms with Gasteiger partial charge in [0.05, 0.1) is 0 Å². The van der Waals surface area contributed by atoms with E-state index in [2.05, 4.69) is 67.6 Å². The molecule has 90 valence electrons. The third kappa shape index (κ3) is 1.69. The van der Waals surface area contributed by atoms with Gasteiger partial charge in [0.2, 0.25) is 0 Å². The molecule has 2 atom stereocenters. The maximum absolute atomic E-state index is 2.52. The number of aryl methyl sites for hydroxylation is 1. The van der Waals surface area contributed by atoms with Crippen LogP contribution in [-0.2, 0) is 5.41 Å². The maximum atomic E-state index is 2.52. The fourth-order valence-electron chi connectivity index (χ4n) is 3.71. The zero-order valence-electron chi connectivity index (χ0n) is 10.8. The second-order valence-corrected chi connectivity index (χ2v) is 7.50. The number of benzene rings is 1. The number of rotatable bonds is 0. The lowest BCUT2D eigenvalue weighted by Gasteiger charge is -2.33. The average Bonchev–Trinajstić information content (AvgIpc) is 2.49. The molecule has 1 aromatic rings. The smallest absolute Gasteiger partial charge is 0.00631 e. The third-order valence-electron chi connectivity index (χ3n) is 4.72. The van der Waals surface area contributed by atoms with Crippen molar-refractivity contribution in [3.63, 3.8) is 0 Å². The maximum Gasteiger partial charge on any atom is -0.00631 e. The Morgan fingerprint density at radius 1 is 1.29 bits per heavy atom. The van der Waals surface area contributed by atoms with Crippen molar-refractivity contribution in [1.29, 1.82) is 0 Å². The van der Waals surface area contributed by atoms with E-state index in [-0.39, 0.29) is 0 Å². The second-order valence-electron chi connectivity index (χ2n) is 6.12. The summed E-state index contributed by atoms with van der Waals surface area (Å²) in [5, 5.41) is 0. The van der Waals surface area contributed by atoms with Crippen LogP contribution in [0, 0.1) is 12.8 Å². The SMILES string of the molecule is Cc1ccc2c(c1)C(C)(C)C1CC(I)=CCC21. The van der Waals surface area contributed by atoms with Crippen molar-refractivity contribution in [1.82, 2.24) is 0 Å². The summed E-state index contributed by atoms with van der Waals surface area (Å²) in [5.41, 5.74) is 4.97. The molecule has 3 rings (SSSR count). The van der Waals surface area contributed by atoms with Crippen molar-refractivity contribution in [2.75, 3.05) is 0 Å². The molecule has 0 radical (unpaired) electrons. The van der Waals surface area contributed by atoms with Crippen molar-refractivity contribution < 1.29 is 0 Å². The molecule has 0 heterocycles. The summed E-state index contributed by atoms with van der Waals surface area (Å²) >= 11 is 2.52. The first-order chi connectivity index (χ1) is 8.00. The predicted octanol–water partition coefficient (Wildman–Crippen LogP) is 5.10. The number of hydrogen-bond acceptors (Lipinski definition) is 0. The molecule has 1 heteroatoms. The lowest BCUT2D eigenvalue weighted by Crippen LogP contribution is -2.27. The van der Waals surface area contributed by atoms with E-state index in [0.29, 0.717) is 5.41 Å². The third-order valence-corrected chi connectivity index (χ3v) is 5.60. The first kappa shape index (κ1) is 11.8. The van der Waals surface area contributed by atoms with Crippen LogP contribution in [0.3, 0.4) is 0 Å². The minimum atomic E-state index is 0.344. The van der Waals surface area contributed by atoms with E-state index in [1.165, 1.54) is 18.4 Å². The molecule has 0 nitrogen and oxygen atoms in total. The molecule has 2 aliphatic rings. The molecule has 2 aliphatic carbocycles. The van der Waals surface area contributed by atoms with Gasteiger partial charge in [-0.15, -0.1) is 0 Å². The van der Waals surface area contributed by atoms with Crippen LogP contribution < -0.4 is 0 Å². The van der Waals surface area contributed by atoms with Gasteiger partial charge < -0.3 is 0 Å². The topological polar surface area (TPSA) is 0 Å². The van der Waals surface area contributed by atoms with Gasteiger partial charge in [-0.2, -0.15) is 0 Å². The minimum absolute atomic E-state index is 0.344. The Morgan fingerprint density at radius 2 is 2.06 bits per heavy atom. The van der Waals surface area contributed by atoms with E-state index in [0.717, 1.165) is 11.8 Å². The summed E-state index contributed by atoms with van der Waals surface area (Å²) in [7, 11) is 0. The second kappa shape index (κ2) is 3.84. The molecular formula is C16H19I. The van der Waals surface area contributed by atoms with Crippen molar-refractivity contribution >= 4 is 22.6 Å². The van der Waals surface area contributed by atoms with Crippen molar-refractivity contribution in [3.05, 3.63) is 44.5 Å². The van der Waals surface area contributed by atoms with E-state index in [1.54, 1.807) is 14.7 Å². The van der Waals surface area contributed by atoms with Crippen LogP contribution in [0.1, 0.15) is 49.3 Å². The fourth-order valence-corrected chi connectivity index (χ4v) is 4.44. The van der Waals surface area contributed by atoms with Crippen LogP contribution in [0.2, 0.25) is 0 Å². The average molecular weight is 338 g/mol. The molecule has 0 saturated heterocycles. The summed E-state index contributed by atoms with van der Waals surface area (Å²) in [6.07, 6.45) is 4.95. The highest BCUT2D eigenvalue weighted by molar-refractivity contribution is 14.1. The van der Waals surface area contributed by atoms with Crippen molar-refractivity contribution in [2.24, 2.45) is 5.92 Å². The van der Waals surface area contributed by atoms with E-state index in [1.807, 2.05) is 0 Å². The lowest BCUT2D eigenvalue weighted by atomic mass is 9.71. The highest BCUT2D eigenvalue weighted by atomic mass is 127. The lowest BCUT2D eigenvalue weighted by molar-refractivity contribution is 0.296. The standard InChI is InChI=1S/C16H19I/c1-10-4-6-12-13-7-5-11(17)9-15(13)16(2,3)14(12)8-10/h4-6,8,13,15H,7,9H2,1-3H3. The van der Waals surface area contributed by atoms with Crippen LogP contribution in [0.5, 0.6) is 0 Å². The van der Waals surface area contributed by atoms with Gasteiger partial charge in [0, 0.05) is 0 Å². The van der Waals surface area contributed by atoms with Gasteiger partial charge >= 0.3 is 0 Å². The Morgan fingerprint density at radius 3 is 2.82 bits per heavy atom. The highest BCUT2D eigenvalue weighted by Crippen LogP contribution is 2.56. The molecule has 0 aliphatic heterocycles. The van der Waals surface area contributed by atoms with Gasteiger partial charge in [0.25, 0.3) is 0 Å². The Balaban J connectivity index is 2.14. The minimum Gasteiger partial charge on any atom is -0.0746 e. The largest absolute Gasteiger partial charge is 0.0746 e. The van der Waals surface area contributed by atoms with Gasteiger partial charge in [0.1, 0.15) is 0 Å². The molecule has 0 amide bonds. The molecule has 0 bridgehead atoms. The summed E-state index contributed by atoms with van der Waals surface area (Å²) < 4.78 is 1.56. The summed E-state index contributed by atoms with van der Waals surface area (Å²) in [4.78, 5) is 0. The van der Waals surface area contributed by atoms with E-state index in [9.17, 15) is 0 Å². The molecular weight excluding hydrogens is 319 g/mol. The highest BCUT2D eigenvalue weighted by Gasteiger charge is 2.46. The zero-order valence-corrected chi connectivity index (χ0v) is 12.9. The first-order valence-electron chi connectivity index (χ1n) is 6.45. The normalized spacial score (nSPS) is 29.5. The number of fused-ring (bicyclic) bond motifs is 3. The molecule has 0 fully saturated rings. The predicted molar refractivity (Wildman–Crippen MR) is 81.8 cm³/mol. The van der Waals surface area contributed by atoms with Crippen molar-refractivity contribution in [2.45, 2.75) is 44.9 Å². The van der Waals surface area contributed by atoms with E-state index in [4.69, 9.17) is 0 Å². The van der Waals surface area contributed by atoms with Gasteiger partial charge in [0.15, 0.2) is 0 Å². The quantitative estimate of drug-likeness (QED) is 0.578. The zero-order chi connectivity index (χ0) is 12.2. The molecule has 17 heavy (non-hydrogen) atoms. The van der Waals surface area contributed by atoms with Gasteiger partial charge in [-0.05, 0) is 74.3 Å². The van der Waals surface area contributed by atoms with Crippen LogP contribution in [-0.4, -0.2) is 0 Å².